The number of piperidine rings is 2. The summed E-state index contributed by atoms with van der Waals surface area (Å²) in [5.41, 5.74) is 1.59. The summed E-state index contributed by atoms with van der Waals surface area (Å²) in [4.78, 5) is 30.0. The van der Waals surface area contributed by atoms with Gasteiger partial charge in [0.25, 0.3) is 5.91 Å². The topological polar surface area (TPSA) is 68.3 Å². The fraction of sp³-hybridized carbons (Fsp3) is 0.440. The molecule has 7 nitrogen and oxygen atoms in total. The van der Waals surface area contributed by atoms with Crippen LogP contribution in [0.2, 0.25) is 0 Å². The number of ether oxygens (including phenoxy) is 3. The molecule has 2 aliphatic rings. The van der Waals surface area contributed by atoms with Crippen LogP contribution >= 0.6 is 0 Å². The molecule has 2 aromatic carbocycles. The quantitative estimate of drug-likeness (QED) is 0.692. The summed E-state index contributed by atoms with van der Waals surface area (Å²) in [6.45, 7) is 1.82. The number of rotatable bonds is 6. The van der Waals surface area contributed by atoms with Gasteiger partial charge < -0.3 is 24.0 Å². The third-order valence-electron chi connectivity index (χ3n) is 6.58. The van der Waals surface area contributed by atoms with Crippen LogP contribution in [-0.4, -0.2) is 62.1 Å². The van der Waals surface area contributed by atoms with E-state index in [1.807, 2.05) is 34.1 Å². The van der Waals surface area contributed by atoms with Gasteiger partial charge in [-0.3, -0.25) is 9.59 Å². The van der Waals surface area contributed by atoms with Crippen LogP contribution in [0.3, 0.4) is 0 Å². The molecule has 7 heteroatoms. The van der Waals surface area contributed by atoms with E-state index in [4.69, 9.17) is 14.2 Å². The lowest BCUT2D eigenvalue weighted by molar-refractivity contribution is -0.141. The van der Waals surface area contributed by atoms with E-state index >= 15 is 0 Å². The van der Waals surface area contributed by atoms with Gasteiger partial charge in [0.2, 0.25) is 5.91 Å². The van der Waals surface area contributed by atoms with E-state index in [0.29, 0.717) is 43.1 Å². The second-order valence-corrected chi connectivity index (χ2v) is 8.34. The number of amides is 2. The van der Waals surface area contributed by atoms with Gasteiger partial charge in [-0.25, -0.2) is 0 Å². The number of hydrogen-bond donors (Lipinski definition) is 0. The highest BCUT2D eigenvalue weighted by molar-refractivity contribution is 5.97. The molecule has 0 unspecified atom stereocenters. The summed E-state index contributed by atoms with van der Waals surface area (Å²) in [5.74, 6) is 2.36. The summed E-state index contributed by atoms with van der Waals surface area (Å²) in [6.07, 6.45) is 2.09. The molecule has 2 heterocycles. The minimum absolute atomic E-state index is 0.0576. The first kappa shape index (κ1) is 22.0. The first-order valence-corrected chi connectivity index (χ1v) is 11.0. The Hall–Kier alpha value is -3.22. The lowest BCUT2D eigenvalue weighted by Gasteiger charge is -2.47. The van der Waals surface area contributed by atoms with E-state index in [1.54, 1.807) is 39.5 Å². The summed E-state index contributed by atoms with van der Waals surface area (Å²) in [5, 5.41) is 0. The highest BCUT2D eigenvalue weighted by atomic mass is 16.5. The number of methoxy groups -OCH3 is 3. The molecule has 0 bridgehead atoms. The first-order chi connectivity index (χ1) is 15.5. The number of nitrogens with zero attached hydrogens (tertiary/aromatic N) is 2. The van der Waals surface area contributed by atoms with Gasteiger partial charge in [-0.15, -0.1) is 0 Å². The normalized spacial score (nSPS) is 20.5. The van der Waals surface area contributed by atoms with Crippen LogP contribution in [0, 0.1) is 5.92 Å². The minimum Gasteiger partial charge on any atom is -0.497 e. The fourth-order valence-corrected chi connectivity index (χ4v) is 4.82. The number of likely N-dealkylation sites (tertiary alicyclic amines) is 2. The van der Waals surface area contributed by atoms with E-state index in [1.165, 1.54) is 0 Å². The van der Waals surface area contributed by atoms with Gasteiger partial charge in [-0.1, -0.05) is 12.1 Å². The highest BCUT2D eigenvalue weighted by Gasteiger charge is 2.40. The average molecular weight is 439 g/mol. The fourth-order valence-electron chi connectivity index (χ4n) is 4.82. The molecule has 0 N–H and O–H groups in total. The summed E-state index contributed by atoms with van der Waals surface area (Å²) >= 11 is 0. The van der Waals surface area contributed by atoms with E-state index in [9.17, 15) is 9.59 Å². The summed E-state index contributed by atoms with van der Waals surface area (Å²) in [7, 11) is 4.79. The van der Waals surface area contributed by atoms with E-state index < -0.39 is 0 Å². The highest BCUT2D eigenvalue weighted by Crippen LogP contribution is 2.34. The van der Waals surface area contributed by atoms with E-state index in [-0.39, 0.29) is 23.8 Å². The molecule has 32 heavy (non-hydrogen) atoms. The number of carbonyl (C=O) groups excluding carboxylic acids is 2. The van der Waals surface area contributed by atoms with Gasteiger partial charge in [0.05, 0.1) is 26.9 Å². The van der Waals surface area contributed by atoms with E-state index in [2.05, 4.69) is 0 Å². The van der Waals surface area contributed by atoms with Crippen LogP contribution in [0.15, 0.2) is 42.5 Å². The van der Waals surface area contributed by atoms with Gasteiger partial charge >= 0.3 is 0 Å². The van der Waals surface area contributed by atoms with Crippen molar-refractivity contribution in [2.24, 2.45) is 5.92 Å². The molecule has 0 aromatic heterocycles. The molecule has 2 aliphatic heterocycles. The molecule has 0 spiro atoms. The smallest absolute Gasteiger partial charge is 0.257 e. The lowest BCUT2D eigenvalue weighted by Crippen LogP contribution is -2.56. The second-order valence-electron chi connectivity index (χ2n) is 8.34. The van der Waals surface area contributed by atoms with Crippen LogP contribution in [-0.2, 0) is 11.3 Å². The Labute approximate surface area is 188 Å². The maximum atomic E-state index is 13.3. The molecule has 4 rings (SSSR count). The second kappa shape index (κ2) is 9.51. The van der Waals surface area contributed by atoms with Crippen molar-refractivity contribution in [3.8, 4) is 17.2 Å². The predicted octanol–water partition coefficient (Wildman–Crippen LogP) is 3.37. The SMILES string of the molecule is COc1ccc(CN2C(=O)CC[C@@H]3CN(C(=O)c4cc(OC)ccc4OC)CC[C@@H]32)cc1. The third kappa shape index (κ3) is 4.38. The molecule has 2 fully saturated rings. The van der Waals surface area contributed by atoms with Crippen LogP contribution in [0.4, 0.5) is 0 Å². The van der Waals surface area contributed by atoms with Crippen molar-refractivity contribution in [1.82, 2.24) is 9.80 Å². The largest absolute Gasteiger partial charge is 0.497 e. The van der Waals surface area contributed by atoms with Crippen molar-refractivity contribution in [1.29, 1.82) is 0 Å². The molecule has 2 saturated heterocycles. The van der Waals surface area contributed by atoms with E-state index in [0.717, 1.165) is 24.2 Å². The zero-order chi connectivity index (χ0) is 22.7. The molecular formula is C25H30N2O5. The maximum absolute atomic E-state index is 13.3. The van der Waals surface area contributed by atoms with Crippen molar-refractivity contribution in [2.75, 3.05) is 34.4 Å². The number of carbonyl (C=O) groups is 2. The van der Waals surface area contributed by atoms with Gasteiger partial charge in [0, 0.05) is 32.1 Å². The number of fused-ring (bicyclic) bond motifs is 1. The lowest BCUT2D eigenvalue weighted by atomic mass is 9.83. The summed E-state index contributed by atoms with van der Waals surface area (Å²) in [6, 6.07) is 13.3. The zero-order valence-electron chi connectivity index (χ0n) is 18.9. The molecule has 0 radical (unpaired) electrons. The molecular weight excluding hydrogens is 408 g/mol. The van der Waals surface area contributed by atoms with Crippen molar-refractivity contribution < 1.29 is 23.8 Å². The van der Waals surface area contributed by atoms with Gasteiger partial charge in [-0.05, 0) is 54.7 Å². The molecule has 2 atom stereocenters. The first-order valence-electron chi connectivity index (χ1n) is 11.0. The van der Waals surface area contributed by atoms with Crippen molar-refractivity contribution in [3.05, 3.63) is 53.6 Å². The molecule has 170 valence electrons. The van der Waals surface area contributed by atoms with Gasteiger partial charge in [-0.2, -0.15) is 0 Å². The maximum Gasteiger partial charge on any atom is 0.257 e. The molecule has 0 saturated carbocycles. The van der Waals surface area contributed by atoms with Crippen molar-refractivity contribution in [2.45, 2.75) is 31.8 Å². The molecule has 2 amide bonds. The Balaban J connectivity index is 1.48. The van der Waals surface area contributed by atoms with Crippen LogP contribution in [0.1, 0.15) is 35.2 Å². The molecule has 0 aliphatic carbocycles. The monoisotopic (exact) mass is 438 g/mol. The number of hydrogen-bond acceptors (Lipinski definition) is 5. The Kier molecular flexibility index (Phi) is 6.53. The Morgan fingerprint density at radius 1 is 0.969 bits per heavy atom. The van der Waals surface area contributed by atoms with Crippen LogP contribution in [0.25, 0.3) is 0 Å². The van der Waals surface area contributed by atoms with Crippen LogP contribution in [0.5, 0.6) is 17.2 Å². The standard InChI is InChI=1S/C25H30N2O5/c1-30-19-7-4-17(5-8-19)15-27-22-12-13-26(16-18(22)6-11-24(27)28)25(29)21-14-20(31-2)9-10-23(21)32-3/h4-5,7-10,14,18,22H,6,11-13,15-16H2,1-3H3/t18-,22+/m1/s1. The Morgan fingerprint density at radius 2 is 1.69 bits per heavy atom. The third-order valence-corrected chi connectivity index (χ3v) is 6.58. The number of benzene rings is 2. The van der Waals surface area contributed by atoms with Crippen LogP contribution < -0.4 is 14.2 Å². The Morgan fingerprint density at radius 3 is 2.38 bits per heavy atom. The summed E-state index contributed by atoms with van der Waals surface area (Å²) < 4.78 is 15.9. The predicted molar refractivity (Wildman–Crippen MR) is 120 cm³/mol. The van der Waals surface area contributed by atoms with Gasteiger partial charge in [0.1, 0.15) is 17.2 Å². The average Bonchev–Trinajstić information content (AvgIpc) is 2.85. The van der Waals surface area contributed by atoms with Crippen molar-refractivity contribution >= 4 is 11.8 Å². The van der Waals surface area contributed by atoms with Gasteiger partial charge in [0.15, 0.2) is 0 Å². The Bertz CT molecular complexity index is 975. The minimum atomic E-state index is -0.0576. The zero-order valence-corrected chi connectivity index (χ0v) is 18.9. The van der Waals surface area contributed by atoms with Crippen molar-refractivity contribution in [3.63, 3.8) is 0 Å². The molecule has 2 aromatic rings.